The first-order valence-corrected chi connectivity index (χ1v) is 11.3. The summed E-state index contributed by atoms with van der Waals surface area (Å²) < 4.78 is 5.90. The Kier molecular flexibility index (Phi) is 7.15. The van der Waals surface area contributed by atoms with Gasteiger partial charge in [-0.3, -0.25) is 9.59 Å². The number of nitrogens with two attached hydrogens (primary N) is 1. The number of primary amides is 1. The van der Waals surface area contributed by atoms with Gasteiger partial charge in [-0.05, 0) is 55.3 Å². The SMILES string of the molecule is NC(=O)C1CCN(c2ccc(NC(=O)c3ccccc3OCc3ccccc3Cl)cc2)CC1. The first kappa shape index (κ1) is 22.7. The molecular weight excluding hydrogens is 438 g/mol. The van der Waals surface area contributed by atoms with Crippen LogP contribution >= 0.6 is 11.6 Å². The Balaban J connectivity index is 1.38. The van der Waals surface area contributed by atoms with E-state index in [0.29, 0.717) is 22.0 Å². The lowest BCUT2D eigenvalue weighted by molar-refractivity contribution is -0.122. The maximum absolute atomic E-state index is 12.9. The van der Waals surface area contributed by atoms with Crippen molar-refractivity contribution in [2.24, 2.45) is 11.7 Å². The molecule has 170 valence electrons. The van der Waals surface area contributed by atoms with Crippen molar-refractivity contribution in [3.63, 3.8) is 0 Å². The molecule has 3 aromatic rings. The van der Waals surface area contributed by atoms with E-state index >= 15 is 0 Å². The molecule has 0 bridgehead atoms. The molecule has 6 nitrogen and oxygen atoms in total. The highest BCUT2D eigenvalue weighted by Crippen LogP contribution is 2.26. The molecule has 7 heteroatoms. The Morgan fingerprint density at radius 1 is 0.970 bits per heavy atom. The average Bonchev–Trinajstić information content (AvgIpc) is 2.84. The molecule has 1 aliphatic heterocycles. The van der Waals surface area contributed by atoms with E-state index in [0.717, 1.165) is 37.2 Å². The molecule has 0 spiro atoms. The maximum atomic E-state index is 12.9. The van der Waals surface area contributed by atoms with Crippen LogP contribution in [0.15, 0.2) is 72.8 Å². The fourth-order valence-electron chi connectivity index (χ4n) is 3.93. The molecule has 0 aromatic heterocycles. The van der Waals surface area contributed by atoms with Gasteiger partial charge in [0, 0.05) is 41.0 Å². The zero-order valence-electron chi connectivity index (χ0n) is 18.2. The second-order valence-electron chi connectivity index (χ2n) is 8.04. The number of piperidine rings is 1. The van der Waals surface area contributed by atoms with Gasteiger partial charge >= 0.3 is 0 Å². The number of amides is 2. The molecule has 3 aromatic carbocycles. The van der Waals surface area contributed by atoms with Gasteiger partial charge in [-0.2, -0.15) is 0 Å². The summed E-state index contributed by atoms with van der Waals surface area (Å²) in [5.41, 5.74) is 8.46. The molecule has 0 atom stereocenters. The van der Waals surface area contributed by atoms with E-state index in [1.807, 2.05) is 54.6 Å². The quantitative estimate of drug-likeness (QED) is 0.523. The number of carbonyl (C=O) groups excluding carboxylic acids is 2. The molecule has 0 unspecified atom stereocenters. The van der Waals surface area contributed by atoms with Crippen molar-refractivity contribution < 1.29 is 14.3 Å². The molecule has 1 aliphatic rings. The molecule has 33 heavy (non-hydrogen) atoms. The summed E-state index contributed by atoms with van der Waals surface area (Å²) in [6, 6.07) is 22.3. The van der Waals surface area contributed by atoms with Gasteiger partial charge in [0.2, 0.25) is 5.91 Å². The van der Waals surface area contributed by atoms with Crippen LogP contribution in [0.3, 0.4) is 0 Å². The van der Waals surface area contributed by atoms with Crippen molar-refractivity contribution in [3.8, 4) is 5.75 Å². The van der Waals surface area contributed by atoms with Crippen molar-refractivity contribution in [2.45, 2.75) is 19.4 Å². The average molecular weight is 464 g/mol. The molecule has 1 fully saturated rings. The summed E-state index contributed by atoms with van der Waals surface area (Å²) in [4.78, 5) is 26.5. The second-order valence-corrected chi connectivity index (χ2v) is 8.45. The minimum atomic E-state index is -0.250. The fraction of sp³-hybridized carbons (Fsp3) is 0.231. The number of anilines is 2. The van der Waals surface area contributed by atoms with Gasteiger partial charge in [0.1, 0.15) is 12.4 Å². The first-order valence-electron chi connectivity index (χ1n) is 10.9. The molecule has 0 saturated carbocycles. The normalized spacial score (nSPS) is 14.0. The lowest BCUT2D eigenvalue weighted by atomic mass is 9.96. The lowest BCUT2D eigenvalue weighted by Crippen LogP contribution is -2.38. The summed E-state index contributed by atoms with van der Waals surface area (Å²) in [6.45, 7) is 1.84. The van der Waals surface area contributed by atoms with Gasteiger partial charge in [-0.15, -0.1) is 0 Å². The lowest BCUT2D eigenvalue weighted by Gasteiger charge is -2.32. The zero-order chi connectivity index (χ0) is 23.2. The van der Waals surface area contributed by atoms with E-state index in [1.54, 1.807) is 18.2 Å². The van der Waals surface area contributed by atoms with Crippen molar-refractivity contribution in [3.05, 3.63) is 88.9 Å². The third kappa shape index (κ3) is 5.65. The Bertz CT molecular complexity index is 1130. The van der Waals surface area contributed by atoms with E-state index < -0.39 is 0 Å². The highest BCUT2D eigenvalue weighted by molar-refractivity contribution is 6.31. The van der Waals surface area contributed by atoms with E-state index in [1.165, 1.54) is 0 Å². The van der Waals surface area contributed by atoms with Gasteiger partial charge in [-0.1, -0.05) is 41.9 Å². The third-order valence-electron chi connectivity index (χ3n) is 5.86. The number of benzene rings is 3. The Morgan fingerprint density at radius 3 is 2.33 bits per heavy atom. The van der Waals surface area contributed by atoms with Crippen LogP contribution in [-0.4, -0.2) is 24.9 Å². The van der Waals surface area contributed by atoms with E-state index in [9.17, 15) is 9.59 Å². The second kappa shape index (κ2) is 10.4. The number of hydrogen-bond donors (Lipinski definition) is 2. The number of ether oxygens (including phenoxy) is 1. The highest BCUT2D eigenvalue weighted by Gasteiger charge is 2.23. The van der Waals surface area contributed by atoms with Crippen LogP contribution in [0, 0.1) is 5.92 Å². The van der Waals surface area contributed by atoms with Gasteiger partial charge in [0.15, 0.2) is 0 Å². The smallest absolute Gasteiger partial charge is 0.259 e. The van der Waals surface area contributed by atoms with Gasteiger partial charge in [0.05, 0.1) is 5.56 Å². The summed E-state index contributed by atoms with van der Waals surface area (Å²) in [5.74, 6) is -0.0208. The number of nitrogens with zero attached hydrogens (tertiary/aromatic N) is 1. The largest absolute Gasteiger partial charge is 0.488 e. The van der Waals surface area contributed by atoms with Crippen molar-refractivity contribution >= 4 is 34.8 Å². The number of nitrogens with one attached hydrogen (secondary N) is 1. The molecule has 0 aliphatic carbocycles. The monoisotopic (exact) mass is 463 g/mol. The Hall–Kier alpha value is -3.51. The molecule has 2 amide bonds. The predicted molar refractivity (Wildman–Crippen MR) is 131 cm³/mol. The van der Waals surface area contributed by atoms with Gasteiger partial charge in [0.25, 0.3) is 5.91 Å². The molecule has 0 radical (unpaired) electrons. The minimum Gasteiger partial charge on any atom is -0.488 e. The van der Waals surface area contributed by atoms with Gasteiger partial charge < -0.3 is 20.7 Å². The fourth-order valence-corrected chi connectivity index (χ4v) is 4.12. The third-order valence-corrected chi connectivity index (χ3v) is 6.23. The first-order chi connectivity index (χ1) is 16.0. The van der Waals surface area contributed by atoms with Crippen LogP contribution in [0.4, 0.5) is 11.4 Å². The standard InChI is InChI=1S/C26H26ClN3O3/c27-23-7-3-1-5-19(23)17-33-24-8-4-2-6-22(24)26(32)29-20-9-11-21(12-10-20)30-15-13-18(14-16-30)25(28)31/h1-12,18H,13-17H2,(H2,28,31)(H,29,32). The highest BCUT2D eigenvalue weighted by atomic mass is 35.5. The van der Waals surface area contributed by atoms with Crippen LogP contribution in [0.5, 0.6) is 5.75 Å². The van der Waals surface area contributed by atoms with Gasteiger partial charge in [-0.25, -0.2) is 0 Å². The Labute approximate surface area is 198 Å². The van der Waals surface area contributed by atoms with Crippen molar-refractivity contribution in [1.29, 1.82) is 0 Å². The number of para-hydroxylation sites is 1. The van der Waals surface area contributed by atoms with Crippen LogP contribution in [0.1, 0.15) is 28.8 Å². The number of hydrogen-bond acceptors (Lipinski definition) is 4. The molecular formula is C26H26ClN3O3. The van der Waals surface area contributed by atoms with E-state index in [-0.39, 0.29) is 24.3 Å². The van der Waals surface area contributed by atoms with E-state index in [4.69, 9.17) is 22.1 Å². The minimum absolute atomic E-state index is 0.0417. The van der Waals surface area contributed by atoms with Crippen LogP contribution in [0.2, 0.25) is 5.02 Å². The molecule has 4 rings (SSSR count). The number of halogens is 1. The number of rotatable bonds is 7. The molecule has 1 heterocycles. The summed E-state index contributed by atoms with van der Waals surface area (Å²) in [6.07, 6.45) is 1.53. The summed E-state index contributed by atoms with van der Waals surface area (Å²) in [7, 11) is 0. The summed E-state index contributed by atoms with van der Waals surface area (Å²) >= 11 is 6.21. The zero-order valence-corrected chi connectivity index (χ0v) is 18.9. The Morgan fingerprint density at radius 2 is 1.64 bits per heavy atom. The molecule has 1 saturated heterocycles. The predicted octanol–water partition coefficient (Wildman–Crippen LogP) is 4.87. The van der Waals surface area contributed by atoms with Crippen LogP contribution in [0.25, 0.3) is 0 Å². The maximum Gasteiger partial charge on any atom is 0.259 e. The van der Waals surface area contributed by atoms with E-state index in [2.05, 4.69) is 10.2 Å². The van der Waals surface area contributed by atoms with Crippen LogP contribution in [-0.2, 0) is 11.4 Å². The topological polar surface area (TPSA) is 84.7 Å². The van der Waals surface area contributed by atoms with Crippen molar-refractivity contribution in [2.75, 3.05) is 23.3 Å². The van der Waals surface area contributed by atoms with Crippen molar-refractivity contribution in [1.82, 2.24) is 0 Å². The van der Waals surface area contributed by atoms with Crippen LogP contribution < -0.4 is 20.7 Å². The summed E-state index contributed by atoms with van der Waals surface area (Å²) in [5, 5.41) is 3.56. The molecule has 3 N–H and O–H groups in total. The number of carbonyl (C=O) groups is 2.